The number of halogens is 1. The van der Waals surface area contributed by atoms with Gasteiger partial charge in [0.2, 0.25) is 5.78 Å². The van der Waals surface area contributed by atoms with Crippen molar-refractivity contribution in [3.63, 3.8) is 0 Å². The van der Waals surface area contributed by atoms with Gasteiger partial charge in [0.1, 0.15) is 23.0 Å². The summed E-state index contributed by atoms with van der Waals surface area (Å²) in [5, 5.41) is 0. The topological polar surface area (TPSA) is 80.3 Å². The zero-order valence-corrected chi connectivity index (χ0v) is 20.6. The van der Waals surface area contributed by atoms with E-state index in [0.29, 0.717) is 46.3 Å². The molecule has 3 aromatic rings. The maximum absolute atomic E-state index is 13.0. The molecule has 2 aliphatic rings. The monoisotopic (exact) mass is 536 g/mol. The predicted molar refractivity (Wildman–Crippen MR) is 131 cm³/mol. The van der Waals surface area contributed by atoms with Gasteiger partial charge in [-0.25, -0.2) is 0 Å². The van der Waals surface area contributed by atoms with Crippen LogP contribution in [0.1, 0.15) is 32.6 Å². The van der Waals surface area contributed by atoms with Gasteiger partial charge in [-0.2, -0.15) is 0 Å². The fourth-order valence-corrected chi connectivity index (χ4v) is 4.53. The third kappa shape index (κ3) is 4.67. The van der Waals surface area contributed by atoms with Crippen molar-refractivity contribution < 1.29 is 33.3 Å². The molecule has 35 heavy (non-hydrogen) atoms. The molecule has 0 fully saturated rings. The molecular weight excluding hydrogens is 516 g/mol. The van der Waals surface area contributed by atoms with E-state index in [1.807, 2.05) is 24.3 Å². The Balaban J connectivity index is 1.37. The summed E-state index contributed by atoms with van der Waals surface area (Å²) in [5.41, 5.74) is 3.37. The Morgan fingerprint density at radius 2 is 1.91 bits per heavy atom. The number of fused-ring (bicyclic) bond motifs is 2. The number of hydrogen-bond acceptors (Lipinski definition) is 7. The Labute approximate surface area is 210 Å². The first-order valence-corrected chi connectivity index (χ1v) is 11.7. The lowest BCUT2D eigenvalue weighted by molar-refractivity contribution is -0.133. The van der Waals surface area contributed by atoms with E-state index in [-0.39, 0.29) is 24.8 Å². The Bertz CT molecular complexity index is 1360. The zero-order chi connectivity index (χ0) is 24.5. The average molecular weight is 537 g/mol. The highest BCUT2D eigenvalue weighted by atomic mass is 79.9. The minimum atomic E-state index is -0.418. The molecule has 0 saturated carbocycles. The maximum Gasteiger partial charge on any atom is 0.315 e. The van der Waals surface area contributed by atoms with E-state index >= 15 is 0 Å². The van der Waals surface area contributed by atoms with Gasteiger partial charge >= 0.3 is 5.97 Å². The molecule has 178 valence electrons. The second kappa shape index (κ2) is 9.56. The Hall–Kier alpha value is -3.62. The van der Waals surface area contributed by atoms with Crippen LogP contribution in [0.2, 0.25) is 0 Å². The summed E-state index contributed by atoms with van der Waals surface area (Å²) >= 11 is 3.49. The minimum Gasteiger partial charge on any atom is -0.497 e. The Morgan fingerprint density at radius 1 is 1.11 bits per heavy atom. The first-order valence-electron chi connectivity index (χ1n) is 10.9. The molecule has 2 aliphatic heterocycles. The number of Topliss-reactive ketones (excluding diaryl/α,β-unsaturated/α-hetero) is 1. The summed E-state index contributed by atoms with van der Waals surface area (Å²) < 4.78 is 28.5. The number of carbonyl (C=O) groups excluding carboxylic acids is 2. The van der Waals surface area contributed by atoms with Crippen LogP contribution in [0.15, 0.2) is 58.8 Å². The second-order valence-electron chi connectivity index (χ2n) is 8.10. The molecular formula is C27H21BrO7. The highest BCUT2D eigenvalue weighted by molar-refractivity contribution is 9.10. The van der Waals surface area contributed by atoms with Crippen LogP contribution in [0.4, 0.5) is 0 Å². The van der Waals surface area contributed by atoms with Crippen LogP contribution in [-0.4, -0.2) is 25.7 Å². The van der Waals surface area contributed by atoms with Crippen molar-refractivity contribution in [3.8, 4) is 23.0 Å². The van der Waals surface area contributed by atoms with Crippen molar-refractivity contribution in [3.05, 3.63) is 86.6 Å². The summed E-state index contributed by atoms with van der Waals surface area (Å²) in [6.07, 6.45) is 1.76. The standard InChI is InChI=1S/C27H21BrO7/c1-15-22(34-24(29)9-16-3-5-20(31-2)6-4-16)8-7-21-25(30)23(35-26(15)21)12-17-10-19(28)11-18-13-32-14-33-27(17)18/h3-8,10-12H,9,13-14H2,1-2H3/b23-12-. The number of carbonyl (C=O) groups is 2. The molecule has 0 bridgehead atoms. The summed E-state index contributed by atoms with van der Waals surface area (Å²) in [7, 11) is 1.59. The average Bonchev–Trinajstić information content (AvgIpc) is 3.17. The molecule has 0 aromatic heterocycles. The first kappa shape index (κ1) is 23.1. The van der Waals surface area contributed by atoms with E-state index in [0.717, 1.165) is 15.6 Å². The van der Waals surface area contributed by atoms with E-state index in [1.165, 1.54) is 0 Å². The summed E-state index contributed by atoms with van der Waals surface area (Å²) in [6.45, 7) is 2.32. The fraction of sp³-hybridized carbons (Fsp3) is 0.185. The van der Waals surface area contributed by atoms with Gasteiger partial charge in [0.05, 0.1) is 25.7 Å². The number of esters is 1. The summed E-state index contributed by atoms with van der Waals surface area (Å²) in [6, 6.07) is 14.2. The smallest absolute Gasteiger partial charge is 0.315 e. The van der Waals surface area contributed by atoms with Crippen LogP contribution >= 0.6 is 15.9 Å². The quantitative estimate of drug-likeness (QED) is 0.245. The molecule has 0 amide bonds. The SMILES string of the molecule is COc1ccc(CC(=O)Oc2ccc3c(c2C)O/C(=C\c2cc(Br)cc4c2OCOC4)C3=O)cc1. The van der Waals surface area contributed by atoms with Gasteiger partial charge in [-0.15, -0.1) is 0 Å². The highest BCUT2D eigenvalue weighted by Gasteiger charge is 2.31. The van der Waals surface area contributed by atoms with E-state index in [9.17, 15) is 9.59 Å². The van der Waals surface area contributed by atoms with Gasteiger partial charge in [-0.1, -0.05) is 28.1 Å². The third-order valence-corrected chi connectivity index (χ3v) is 6.22. The van der Waals surface area contributed by atoms with Crippen LogP contribution in [0.5, 0.6) is 23.0 Å². The third-order valence-electron chi connectivity index (χ3n) is 5.76. The molecule has 5 rings (SSSR count). The zero-order valence-electron chi connectivity index (χ0n) is 19.1. The number of allylic oxidation sites excluding steroid dienone is 1. The van der Waals surface area contributed by atoms with Crippen LogP contribution in [0.25, 0.3) is 6.08 Å². The number of rotatable bonds is 5. The van der Waals surface area contributed by atoms with Crippen LogP contribution in [0, 0.1) is 6.92 Å². The van der Waals surface area contributed by atoms with E-state index in [1.54, 1.807) is 44.4 Å². The van der Waals surface area contributed by atoms with Gasteiger partial charge in [0, 0.05) is 21.2 Å². The molecule has 3 aromatic carbocycles. The van der Waals surface area contributed by atoms with Crippen molar-refractivity contribution in [1.82, 2.24) is 0 Å². The molecule has 8 heteroatoms. The van der Waals surface area contributed by atoms with Gasteiger partial charge in [-0.3, -0.25) is 9.59 Å². The van der Waals surface area contributed by atoms with Crippen LogP contribution in [-0.2, 0) is 22.6 Å². The fourth-order valence-electron chi connectivity index (χ4n) is 4.00. The van der Waals surface area contributed by atoms with Crippen LogP contribution < -0.4 is 18.9 Å². The molecule has 0 aliphatic carbocycles. The van der Waals surface area contributed by atoms with Crippen molar-refractivity contribution in [2.45, 2.75) is 20.0 Å². The molecule has 0 spiro atoms. The number of benzene rings is 3. The van der Waals surface area contributed by atoms with E-state index < -0.39 is 5.97 Å². The first-order chi connectivity index (χ1) is 16.9. The number of ether oxygens (including phenoxy) is 5. The molecule has 2 heterocycles. The van der Waals surface area contributed by atoms with Gasteiger partial charge < -0.3 is 23.7 Å². The lowest BCUT2D eigenvalue weighted by Crippen LogP contribution is -2.12. The van der Waals surface area contributed by atoms with Crippen molar-refractivity contribution in [2.24, 2.45) is 0 Å². The molecule has 7 nitrogen and oxygen atoms in total. The number of hydrogen-bond donors (Lipinski definition) is 0. The van der Waals surface area contributed by atoms with Gasteiger partial charge in [-0.05, 0) is 55.0 Å². The summed E-state index contributed by atoms with van der Waals surface area (Å²) in [5.74, 6) is 1.59. The van der Waals surface area contributed by atoms with Crippen molar-refractivity contribution in [1.29, 1.82) is 0 Å². The molecule has 0 radical (unpaired) electrons. The lowest BCUT2D eigenvalue weighted by atomic mass is 10.0. The largest absolute Gasteiger partial charge is 0.497 e. The highest BCUT2D eigenvalue weighted by Crippen LogP contribution is 2.41. The minimum absolute atomic E-state index is 0.100. The molecule has 0 saturated heterocycles. The van der Waals surface area contributed by atoms with E-state index in [2.05, 4.69) is 15.9 Å². The lowest BCUT2D eigenvalue weighted by Gasteiger charge is -2.20. The second-order valence-corrected chi connectivity index (χ2v) is 9.01. The Kier molecular flexibility index (Phi) is 6.32. The van der Waals surface area contributed by atoms with E-state index in [4.69, 9.17) is 23.7 Å². The number of methoxy groups -OCH3 is 1. The van der Waals surface area contributed by atoms with Gasteiger partial charge in [0.15, 0.2) is 12.6 Å². The van der Waals surface area contributed by atoms with Gasteiger partial charge in [0.25, 0.3) is 0 Å². The number of ketones is 1. The molecule has 0 N–H and O–H groups in total. The Morgan fingerprint density at radius 3 is 2.69 bits per heavy atom. The predicted octanol–water partition coefficient (Wildman–Crippen LogP) is 5.40. The van der Waals surface area contributed by atoms with Crippen LogP contribution in [0.3, 0.4) is 0 Å². The van der Waals surface area contributed by atoms with Crippen molar-refractivity contribution >= 4 is 33.8 Å². The van der Waals surface area contributed by atoms with Crippen molar-refractivity contribution in [2.75, 3.05) is 13.9 Å². The maximum atomic E-state index is 13.0. The molecule has 0 unspecified atom stereocenters. The normalized spacial score (nSPS) is 15.2. The summed E-state index contributed by atoms with van der Waals surface area (Å²) in [4.78, 5) is 25.6. The molecule has 0 atom stereocenters.